The second-order valence-electron chi connectivity index (χ2n) is 8.43. The van der Waals surface area contributed by atoms with Gasteiger partial charge in [0.15, 0.2) is 0 Å². The third kappa shape index (κ3) is 7.38. The van der Waals surface area contributed by atoms with Crippen LogP contribution in [0.4, 0.5) is 5.69 Å². The second kappa shape index (κ2) is 12.5. The molecule has 4 rings (SSSR count). The molecule has 0 fully saturated rings. The maximum absolute atomic E-state index is 12.6. The molecule has 4 aromatic rings. The van der Waals surface area contributed by atoms with Gasteiger partial charge in [0.05, 0.1) is 18.2 Å². The topological polar surface area (TPSA) is 96.9 Å². The Hall–Kier alpha value is -4.75. The molecule has 0 aliphatic heterocycles. The number of carbonyl (C=O) groups excluding carboxylic acids is 3. The zero-order valence-corrected chi connectivity index (χ0v) is 21.2. The molecule has 0 aliphatic rings. The number of ether oxygens (including phenoxy) is 1. The van der Waals surface area contributed by atoms with Gasteiger partial charge in [-0.25, -0.2) is 10.2 Å². The van der Waals surface area contributed by atoms with Crippen LogP contribution in [0.3, 0.4) is 0 Å². The average Bonchev–Trinajstić information content (AvgIpc) is 2.91. The maximum atomic E-state index is 12.6. The highest BCUT2D eigenvalue weighted by atomic mass is 35.5. The molecule has 0 atom stereocenters. The van der Waals surface area contributed by atoms with Gasteiger partial charge in [-0.15, -0.1) is 0 Å². The van der Waals surface area contributed by atoms with E-state index in [9.17, 15) is 14.4 Å². The molecule has 0 saturated heterocycles. The van der Waals surface area contributed by atoms with Gasteiger partial charge in [-0.1, -0.05) is 59.6 Å². The highest BCUT2D eigenvalue weighted by Crippen LogP contribution is 2.23. The van der Waals surface area contributed by atoms with E-state index >= 15 is 0 Å². The summed E-state index contributed by atoms with van der Waals surface area (Å²) < 4.78 is 5.53. The van der Waals surface area contributed by atoms with E-state index in [0.717, 1.165) is 11.1 Å². The van der Waals surface area contributed by atoms with Crippen LogP contribution in [-0.2, 0) is 11.2 Å². The van der Waals surface area contributed by atoms with Gasteiger partial charge in [0.25, 0.3) is 5.91 Å². The number of benzene rings is 4. The van der Waals surface area contributed by atoms with Crippen molar-refractivity contribution in [2.45, 2.75) is 13.3 Å². The Kier molecular flexibility index (Phi) is 8.64. The van der Waals surface area contributed by atoms with Crippen LogP contribution in [0.25, 0.3) is 0 Å². The number of amides is 2. The number of hydrogen-bond acceptors (Lipinski definition) is 5. The zero-order valence-electron chi connectivity index (χ0n) is 20.5. The lowest BCUT2D eigenvalue weighted by Crippen LogP contribution is -2.18. The van der Waals surface area contributed by atoms with Crippen molar-refractivity contribution in [3.05, 3.63) is 130 Å². The SMILES string of the molecule is Cc1cccc(C(=O)Oc2ccc(Cl)cc2/C=N/NC(=O)c2ccc(NC(=O)Cc3ccccc3)cc2)c1. The van der Waals surface area contributed by atoms with E-state index in [1.54, 1.807) is 60.7 Å². The van der Waals surface area contributed by atoms with Gasteiger partial charge in [-0.3, -0.25) is 9.59 Å². The summed E-state index contributed by atoms with van der Waals surface area (Å²) in [7, 11) is 0. The van der Waals surface area contributed by atoms with Crippen molar-refractivity contribution in [3.8, 4) is 5.75 Å². The molecule has 0 bridgehead atoms. The number of carbonyl (C=O) groups is 3. The molecular formula is C30H24ClN3O4. The third-order valence-corrected chi connectivity index (χ3v) is 5.67. The molecule has 0 heterocycles. The largest absolute Gasteiger partial charge is 0.422 e. The molecule has 0 aliphatic carbocycles. The van der Waals surface area contributed by atoms with Crippen LogP contribution in [0.2, 0.25) is 5.02 Å². The van der Waals surface area contributed by atoms with Crippen LogP contribution >= 0.6 is 11.6 Å². The van der Waals surface area contributed by atoms with Gasteiger partial charge in [0, 0.05) is 21.8 Å². The van der Waals surface area contributed by atoms with Crippen molar-refractivity contribution in [2.75, 3.05) is 5.32 Å². The lowest BCUT2D eigenvalue weighted by atomic mass is 10.1. The number of esters is 1. The second-order valence-corrected chi connectivity index (χ2v) is 8.86. The molecule has 190 valence electrons. The molecule has 0 radical (unpaired) electrons. The number of halogens is 1. The first-order valence-electron chi connectivity index (χ1n) is 11.7. The molecule has 38 heavy (non-hydrogen) atoms. The van der Waals surface area contributed by atoms with Crippen molar-refractivity contribution in [3.63, 3.8) is 0 Å². The molecule has 8 heteroatoms. The van der Waals surface area contributed by atoms with E-state index in [-0.39, 0.29) is 18.1 Å². The van der Waals surface area contributed by atoms with Crippen LogP contribution in [0, 0.1) is 6.92 Å². The molecule has 2 amide bonds. The van der Waals surface area contributed by atoms with Gasteiger partial charge in [-0.2, -0.15) is 5.10 Å². The third-order valence-electron chi connectivity index (χ3n) is 5.44. The summed E-state index contributed by atoms with van der Waals surface area (Å²) in [6.45, 7) is 1.88. The van der Waals surface area contributed by atoms with Gasteiger partial charge >= 0.3 is 5.97 Å². The van der Waals surface area contributed by atoms with Crippen LogP contribution in [-0.4, -0.2) is 24.0 Å². The zero-order chi connectivity index (χ0) is 26.9. The Labute approximate surface area is 225 Å². The molecule has 0 saturated carbocycles. The fraction of sp³-hybridized carbons (Fsp3) is 0.0667. The van der Waals surface area contributed by atoms with Gasteiger partial charge in [-0.05, 0) is 67.1 Å². The number of nitrogens with one attached hydrogen (secondary N) is 2. The molecule has 2 N–H and O–H groups in total. The smallest absolute Gasteiger partial charge is 0.343 e. The molecule has 4 aromatic carbocycles. The lowest BCUT2D eigenvalue weighted by molar-refractivity contribution is -0.115. The van der Waals surface area contributed by atoms with E-state index in [2.05, 4.69) is 15.8 Å². The Morgan fingerprint density at radius 1 is 0.868 bits per heavy atom. The highest BCUT2D eigenvalue weighted by Gasteiger charge is 2.12. The summed E-state index contributed by atoms with van der Waals surface area (Å²) >= 11 is 6.11. The summed E-state index contributed by atoms with van der Waals surface area (Å²) in [5.74, 6) is -0.887. The van der Waals surface area contributed by atoms with Crippen molar-refractivity contribution >= 4 is 41.3 Å². The predicted molar refractivity (Wildman–Crippen MR) is 148 cm³/mol. The Morgan fingerprint density at radius 3 is 2.37 bits per heavy atom. The number of rotatable bonds is 8. The van der Waals surface area contributed by atoms with Crippen molar-refractivity contribution in [2.24, 2.45) is 5.10 Å². The summed E-state index contributed by atoms with van der Waals surface area (Å²) in [6.07, 6.45) is 1.60. The average molecular weight is 526 g/mol. The number of aryl methyl sites for hydroxylation is 1. The Balaban J connectivity index is 1.36. The standard InChI is InChI=1S/C30H24ClN3O4/c1-20-6-5-9-23(16-20)30(37)38-27-15-12-25(31)18-24(27)19-32-34-29(36)22-10-13-26(14-11-22)33-28(35)17-21-7-3-2-4-8-21/h2-16,18-19H,17H2,1H3,(H,33,35)(H,34,36)/b32-19+. The Morgan fingerprint density at radius 2 is 1.63 bits per heavy atom. The van der Waals surface area contributed by atoms with Crippen molar-refractivity contribution in [1.29, 1.82) is 0 Å². The quantitative estimate of drug-likeness (QED) is 0.131. The molecule has 7 nitrogen and oxygen atoms in total. The fourth-order valence-electron chi connectivity index (χ4n) is 3.56. The summed E-state index contributed by atoms with van der Waals surface area (Å²) in [6, 6.07) is 27.6. The summed E-state index contributed by atoms with van der Waals surface area (Å²) in [5, 5.41) is 7.21. The lowest BCUT2D eigenvalue weighted by Gasteiger charge is -2.08. The molecule has 0 aromatic heterocycles. The number of hydrogen-bond donors (Lipinski definition) is 2. The highest BCUT2D eigenvalue weighted by molar-refractivity contribution is 6.31. The number of hydrazone groups is 1. The predicted octanol–water partition coefficient (Wildman–Crippen LogP) is 5.81. The summed E-state index contributed by atoms with van der Waals surface area (Å²) in [5.41, 5.74) is 6.03. The first kappa shape index (κ1) is 26.3. The van der Waals surface area contributed by atoms with Crippen LogP contribution < -0.4 is 15.5 Å². The molecule has 0 unspecified atom stereocenters. The monoisotopic (exact) mass is 525 g/mol. The van der Waals surface area contributed by atoms with Crippen LogP contribution in [0.1, 0.15) is 37.4 Å². The number of anilines is 1. The van der Waals surface area contributed by atoms with Gasteiger partial charge in [0.1, 0.15) is 5.75 Å². The normalized spacial score (nSPS) is 10.7. The first-order valence-corrected chi connectivity index (χ1v) is 12.1. The molecular weight excluding hydrogens is 502 g/mol. The fourth-order valence-corrected chi connectivity index (χ4v) is 3.74. The van der Waals surface area contributed by atoms with E-state index in [4.69, 9.17) is 16.3 Å². The van der Waals surface area contributed by atoms with Crippen LogP contribution in [0.15, 0.2) is 102 Å². The van der Waals surface area contributed by atoms with E-state index in [1.807, 2.05) is 43.3 Å². The van der Waals surface area contributed by atoms with E-state index in [1.165, 1.54) is 6.21 Å². The Bertz CT molecular complexity index is 1490. The number of nitrogens with zero attached hydrogens (tertiary/aromatic N) is 1. The van der Waals surface area contributed by atoms with E-state index < -0.39 is 11.9 Å². The van der Waals surface area contributed by atoms with Crippen molar-refractivity contribution < 1.29 is 19.1 Å². The van der Waals surface area contributed by atoms with Gasteiger partial charge in [0.2, 0.25) is 5.91 Å². The molecule has 0 spiro atoms. The van der Waals surface area contributed by atoms with Crippen LogP contribution in [0.5, 0.6) is 5.75 Å². The summed E-state index contributed by atoms with van der Waals surface area (Å²) in [4.78, 5) is 37.3. The maximum Gasteiger partial charge on any atom is 0.343 e. The minimum absolute atomic E-state index is 0.154. The minimum atomic E-state index is -0.523. The van der Waals surface area contributed by atoms with Crippen molar-refractivity contribution in [1.82, 2.24) is 5.43 Å². The minimum Gasteiger partial charge on any atom is -0.422 e. The van der Waals surface area contributed by atoms with E-state index in [0.29, 0.717) is 27.4 Å². The van der Waals surface area contributed by atoms with Gasteiger partial charge < -0.3 is 10.1 Å². The first-order chi connectivity index (χ1) is 18.4.